The molecule has 1 amide bonds. The highest BCUT2D eigenvalue weighted by molar-refractivity contribution is 7.16. The second kappa shape index (κ2) is 4.61. The Bertz CT molecular complexity index is 614. The van der Waals surface area contributed by atoms with E-state index in [0.717, 1.165) is 4.88 Å². The first-order chi connectivity index (χ1) is 8.47. The van der Waals surface area contributed by atoms with Gasteiger partial charge < -0.3 is 14.9 Å². The van der Waals surface area contributed by atoms with Crippen LogP contribution in [0.5, 0.6) is 0 Å². The molecule has 2 rings (SSSR count). The maximum absolute atomic E-state index is 11.8. The lowest BCUT2D eigenvalue weighted by atomic mass is 10.3. The summed E-state index contributed by atoms with van der Waals surface area (Å²) in [5.41, 5.74) is 0.195. The molecule has 7 heteroatoms. The van der Waals surface area contributed by atoms with Crippen LogP contribution >= 0.6 is 11.3 Å². The van der Waals surface area contributed by atoms with Crippen LogP contribution in [-0.2, 0) is 0 Å². The average molecular weight is 266 g/mol. The molecule has 0 radical (unpaired) electrons. The maximum atomic E-state index is 11.8. The van der Waals surface area contributed by atoms with Crippen molar-refractivity contribution in [3.05, 3.63) is 34.0 Å². The molecule has 0 saturated heterocycles. The van der Waals surface area contributed by atoms with Crippen LogP contribution in [0.15, 0.2) is 16.7 Å². The van der Waals surface area contributed by atoms with Gasteiger partial charge in [0, 0.05) is 10.9 Å². The summed E-state index contributed by atoms with van der Waals surface area (Å²) in [6.07, 6.45) is 0. The van der Waals surface area contributed by atoms with Crippen LogP contribution in [-0.4, -0.2) is 22.1 Å². The molecule has 94 valence electrons. The lowest BCUT2D eigenvalue weighted by Gasteiger charge is -2.00. The number of nitrogens with zero attached hydrogens (tertiary/aromatic N) is 1. The molecular weight excluding hydrogens is 256 g/mol. The molecule has 2 aromatic heterocycles. The summed E-state index contributed by atoms with van der Waals surface area (Å²) >= 11 is 1.20. The zero-order valence-corrected chi connectivity index (χ0v) is 10.5. The Kier molecular flexibility index (Phi) is 3.15. The Labute approximate surface area is 106 Å². The molecule has 0 unspecified atom stereocenters. The van der Waals surface area contributed by atoms with Gasteiger partial charge in [-0.3, -0.25) is 4.79 Å². The van der Waals surface area contributed by atoms with Gasteiger partial charge in [-0.1, -0.05) is 5.16 Å². The van der Waals surface area contributed by atoms with Crippen LogP contribution in [0.4, 0.5) is 5.00 Å². The van der Waals surface area contributed by atoms with Gasteiger partial charge in [-0.25, -0.2) is 4.79 Å². The molecule has 0 aromatic carbocycles. The number of carbonyl (C=O) groups is 2. The number of hydrogen-bond donors (Lipinski definition) is 2. The molecule has 0 atom stereocenters. The van der Waals surface area contributed by atoms with Gasteiger partial charge in [0.25, 0.3) is 5.91 Å². The van der Waals surface area contributed by atoms with Crippen molar-refractivity contribution < 1.29 is 19.2 Å². The minimum Gasteiger partial charge on any atom is -0.478 e. The Morgan fingerprint density at radius 2 is 2.11 bits per heavy atom. The summed E-state index contributed by atoms with van der Waals surface area (Å²) < 4.78 is 4.78. The lowest BCUT2D eigenvalue weighted by Crippen LogP contribution is -2.13. The summed E-state index contributed by atoms with van der Waals surface area (Å²) in [5.74, 6) is -1.05. The molecule has 2 N–H and O–H groups in total. The summed E-state index contributed by atoms with van der Waals surface area (Å²) in [4.78, 5) is 23.6. The predicted octanol–water partition coefficient (Wildman–Crippen LogP) is 2.30. The van der Waals surface area contributed by atoms with E-state index in [1.165, 1.54) is 23.5 Å². The quantitative estimate of drug-likeness (QED) is 0.889. The van der Waals surface area contributed by atoms with Crippen LogP contribution in [0.3, 0.4) is 0 Å². The molecule has 0 fully saturated rings. The Morgan fingerprint density at radius 1 is 1.39 bits per heavy atom. The monoisotopic (exact) mass is 266 g/mol. The third-order valence-corrected chi connectivity index (χ3v) is 3.14. The number of aryl methyl sites for hydroxylation is 2. The first kappa shape index (κ1) is 12.3. The molecule has 0 saturated carbocycles. The van der Waals surface area contributed by atoms with Crippen molar-refractivity contribution in [2.75, 3.05) is 5.32 Å². The zero-order chi connectivity index (χ0) is 13.3. The second-order valence-electron chi connectivity index (χ2n) is 3.68. The van der Waals surface area contributed by atoms with Crippen LogP contribution in [0.1, 0.15) is 31.5 Å². The van der Waals surface area contributed by atoms with Gasteiger partial charge in [-0.2, -0.15) is 0 Å². The fourth-order valence-corrected chi connectivity index (χ4v) is 2.31. The van der Waals surface area contributed by atoms with Gasteiger partial charge in [0.05, 0.1) is 5.56 Å². The number of aromatic carboxylic acids is 1. The number of aromatic nitrogens is 1. The van der Waals surface area contributed by atoms with Crippen molar-refractivity contribution in [3.8, 4) is 0 Å². The number of amides is 1. The topological polar surface area (TPSA) is 92.4 Å². The van der Waals surface area contributed by atoms with Crippen LogP contribution in [0.25, 0.3) is 0 Å². The van der Waals surface area contributed by atoms with Crippen LogP contribution in [0.2, 0.25) is 0 Å². The number of anilines is 1. The van der Waals surface area contributed by atoms with Gasteiger partial charge in [0.1, 0.15) is 10.8 Å². The molecule has 0 aliphatic rings. The summed E-state index contributed by atoms with van der Waals surface area (Å²) in [7, 11) is 0. The third-order valence-electron chi connectivity index (χ3n) is 2.17. The molecular formula is C11H10N2O4S. The van der Waals surface area contributed by atoms with Gasteiger partial charge in [0.15, 0.2) is 5.69 Å². The Hall–Kier alpha value is -2.15. The normalized spacial score (nSPS) is 10.3. The Balaban J connectivity index is 2.24. The first-order valence-corrected chi connectivity index (χ1v) is 5.87. The number of carboxylic acid groups (broad SMARTS) is 1. The van der Waals surface area contributed by atoms with E-state index in [1.807, 2.05) is 0 Å². The van der Waals surface area contributed by atoms with E-state index in [0.29, 0.717) is 10.8 Å². The zero-order valence-electron chi connectivity index (χ0n) is 9.68. The minimum atomic E-state index is -1.08. The van der Waals surface area contributed by atoms with Crippen molar-refractivity contribution in [2.24, 2.45) is 0 Å². The lowest BCUT2D eigenvalue weighted by molar-refractivity contribution is 0.0698. The highest BCUT2D eigenvalue weighted by atomic mass is 32.1. The Morgan fingerprint density at radius 3 is 2.67 bits per heavy atom. The number of thiophene rings is 1. The van der Waals surface area contributed by atoms with E-state index in [4.69, 9.17) is 9.63 Å². The number of hydrogen-bond acceptors (Lipinski definition) is 5. The van der Waals surface area contributed by atoms with Crippen molar-refractivity contribution in [1.82, 2.24) is 5.16 Å². The molecule has 0 bridgehead atoms. The minimum absolute atomic E-state index is 0.0751. The van der Waals surface area contributed by atoms with Crippen molar-refractivity contribution in [3.63, 3.8) is 0 Å². The number of carboxylic acids is 1. The van der Waals surface area contributed by atoms with E-state index in [-0.39, 0.29) is 11.3 Å². The van der Waals surface area contributed by atoms with Gasteiger partial charge in [0.2, 0.25) is 0 Å². The number of nitrogens with one attached hydrogen (secondary N) is 1. The van der Waals surface area contributed by atoms with E-state index in [2.05, 4.69) is 10.5 Å². The van der Waals surface area contributed by atoms with E-state index >= 15 is 0 Å². The smallest absolute Gasteiger partial charge is 0.338 e. The predicted molar refractivity (Wildman–Crippen MR) is 65.2 cm³/mol. The maximum Gasteiger partial charge on any atom is 0.338 e. The van der Waals surface area contributed by atoms with Crippen molar-refractivity contribution in [2.45, 2.75) is 13.8 Å². The molecule has 2 aromatic rings. The van der Waals surface area contributed by atoms with Crippen molar-refractivity contribution in [1.29, 1.82) is 0 Å². The molecule has 0 spiro atoms. The van der Waals surface area contributed by atoms with E-state index < -0.39 is 11.9 Å². The fraction of sp³-hybridized carbons (Fsp3) is 0.182. The molecule has 18 heavy (non-hydrogen) atoms. The molecule has 0 aliphatic heterocycles. The molecule has 2 heterocycles. The van der Waals surface area contributed by atoms with E-state index in [1.54, 1.807) is 13.8 Å². The third kappa shape index (κ3) is 2.40. The SMILES string of the molecule is Cc1cc(C(=O)Nc2sc(C)cc2C(=O)O)no1. The average Bonchev–Trinajstić information content (AvgIpc) is 2.85. The highest BCUT2D eigenvalue weighted by Gasteiger charge is 2.18. The second-order valence-corrected chi connectivity index (χ2v) is 4.94. The van der Waals surface area contributed by atoms with E-state index in [9.17, 15) is 9.59 Å². The largest absolute Gasteiger partial charge is 0.478 e. The molecule has 0 aliphatic carbocycles. The first-order valence-electron chi connectivity index (χ1n) is 5.06. The van der Waals surface area contributed by atoms with Gasteiger partial charge in [-0.15, -0.1) is 11.3 Å². The van der Waals surface area contributed by atoms with Crippen LogP contribution < -0.4 is 5.32 Å². The number of rotatable bonds is 3. The van der Waals surface area contributed by atoms with Crippen molar-refractivity contribution >= 4 is 28.2 Å². The molecule has 6 nitrogen and oxygen atoms in total. The fourth-order valence-electron chi connectivity index (χ4n) is 1.41. The highest BCUT2D eigenvalue weighted by Crippen LogP contribution is 2.27. The van der Waals surface area contributed by atoms with Crippen LogP contribution in [0, 0.1) is 13.8 Å². The summed E-state index contributed by atoms with van der Waals surface area (Å²) in [5, 5.41) is 15.4. The van der Waals surface area contributed by atoms with Gasteiger partial charge in [-0.05, 0) is 19.9 Å². The standard InChI is InChI=1S/C11H10N2O4S/c1-5-3-8(13-17-5)9(14)12-10-7(11(15)16)4-6(2)18-10/h3-4H,1-2H3,(H,12,14)(H,15,16). The summed E-state index contributed by atoms with van der Waals surface area (Å²) in [6, 6.07) is 2.99. The van der Waals surface area contributed by atoms with Gasteiger partial charge >= 0.3 is 5.97 Å². The number of carbonyl (C=O) groups excluding carboxylic acids is 1. The summed E-state index contributed by atoms with van der Waals surface area (Å²) in [6.45, 7) is 3.44.